The molecular formula is C21H14ClI2N3OS. The van der Waals surface area contributed by atoms with Gasteiger partial charge in [-0.3, -0.25) is 5.43 Å². The number of hydrazone groups is 1. The SMILES string of the molecule is Clc1ccccc1COc1c(I)cc(/C=N/Nc2nc3ccccc3s2)cc1I. The average molecular weight is 646 g/mol. The molecule has 0 fully saturated rings. The summed E-state index contributed by atoms with van der Waals surface area (Å²) < 4.78 is 9.20. The summed E-state index contributed by atoms with van der Waals surface area (Å²) in [5, 5.41) is 5.81. The smallest absolute Gasteiger partial charge is 0.204 e. The molecule has 0 spiro atoms. The first kappa shape index (κ1) is 20.8. The van der Waals surface area contributed by atoms with Gasteiger partial charge in [0.15, 0.2) is 0 Å². The standard InChI is InChI=1S/C21H14ClI2N3OS/c22-15-6-2-1-5-14(15)12-28-20-16(23)9-13(10-17(20)24)11-25-27-21-26-18-7-3-4-8-19(18)29-21/h1-11H,12H2,(H,26,27)/b25-11+. The Hall–Kier alpha value is -1.43. The molecule has 1 N–H and O–H groups in total. The molecule has 0 saturated heterocycles. The molecule has 0 unspecified atom stereocenters. The van der Waals surface area contributed by atoms with E-state index in [1.54, 1.807) is 17.6 Å². The van der Waals surface area contributed by atoms with Crippen LogP contribution in [0.5, 0.6) is 5.75 Å². The minimum Gasteiger partial charge on any atom is -0.487 e. The van der Waals surface area contributed by atoms with Crippen molar-refractivity contribution in [2.24, 2.45) is 5.10 Å². The zero-order chi connectivity index (χ0) is 20.2. The molecule has 0 radical (unpaired) electrons. The number of anilines is 1. The predicted octanol–water partition coefficient (Wildman–Crippen LogP) is 7.18. The van der Waals surface area contributed by atoms with Crippen molar-refractivity contribution in [1.82, 2.24) is 4.98 Å². The lowest BCUT2D eigenvalue weighted by Gasteiger charge is -2.12. The maximum atomic E-state index is 6.22. The number of fused-ring (bicyclic) bond motifs is 1. The van der Waals surface area contributed by atoms with Gasteiger partial charge in [-0.25, -0.2) is 4.98 Å². The normalized spacial score (nSPS) is 11.3. The van der Waals surface area contributed by atoms with E-state index in [9.17, 15) is 0 Å². The summed E-state index contributed by atoms with van der Waals surface area (Å²) >= 11 is 12.4. The number of nitrogens with zero attached hydrogens (tertiary/aromatic N) is 2. The first-order chi connectivity index (χ1) is 14.1. The minimum atomic E-state index is 0.429. The second kappa shape index (κ2) is 9.59. The van der Waals surface area contributed by atoms with E-state index in [-0.39, 0.29) is 0 Å². The number of rotatable bonds is 6. The number of halogens is 3. The van der Waals surface area contributed by atoms with Crippen molar-refractivity contribution < 1.29 is 4.74 Å². The van der Waals surface area contributed by atoms with Crippen molar-refractivity contribution >= 4 is 89.7 Å². The summed E-state index contributed by atoms with van der Waals surface area (Å²) in [6, 6.07) is 19.8. The monoisotopic (exact) mass is 645 g/mol. The molecular weight excluding hydrogens is 632 g/mol. The lowest BCUT2D eigenvalue weighted by atomic mass is 10.2. The summed E-state index contributed by atoms with van der Waals surface area (Å²) in [4.78, 5) is 4.51. The van der Waals surface area contributed by atoms with Gasteiger partial charge in [-0.1, -0.05) is 53.3 Å². The van der Waals surface area contributed by atoms with Crippen LogP contribution in [0.15, 0.2) is 65.8 Å². The van der Waals surface area contributed by atoms with E-state index in [2.05, 4.69) is 60.7 Å². The molecule has 1 heterocycles. The highest BCUT2D eigenvalue weighted by Crippen LogP contribution is 2.30. The number of aromatic nitrogens is 1. The molecule has 0 atom stereocenters. The highest BCUT2D eigenvalue weighted by molar-refractivity contribution is 14.1. The van der Waals surface area contributed by atoms with Crippen LogP contribution in [0.25, 0.3) is 10.2 Å². The zero-order valence-electron chi connectivity index (χ0n) is 14.9. The number of para-hydroxylation sites is 1. The molecule has 3 aromatic carbocycles. The van der Waals surface area contributed by atoms with Gasteiger partial charge in [0.1, 0.15) is 12.4 Å². The highest BCUT2D eigenvalue weighted by atomic mass is 127. The van der Waals surface area contributed by atoms with Crippen molar-refractivity contribution in [2.75, 3.05) is 5.43 Å². The van der Waals surface area contributed by atoms with Gasteiger partial charge in [0.2, 0.25) is 5.13 Å². The van der Waals surface area contributed by atoms with E-state index < -0.39 is 0 Å². The summed E-state index contributed by atoms with van der Waals surface area (Å²) in [6.07, 6.45) is 1.79. The van der Waals surface area contributed by atoms with E-state index >= 15 is 0 Å². The Morgan fingerprint density at radius 1 is 1.07 bits per heavy atom. The maximum Gasteiger partial charge on any atom is 0.204 e. The summed E-state index contributed by atoms with van der Waals surface area (Å²) in [5.74, 6) is 0.849. The van der Waals surface area contributed by atoms with E-state index in [0.29, 0.717) is 11.6 Å². The second-order valence-corrected chi connectivity index (χ2v) is 9.81. The van der Waals surface area contributed by atoms with E-state index in [1.165, 1.54) is 0 Å². The minimum absolute atomic E-state index is 0.429. The molecule has 0 aliphatic heterocycles. The number of hydrogen-bond acceptors (Lipinski definition) is 5. The fourth-order valence-corrected chi connectivity index (χ4v) is 5.77. The third-order valence-corrected chi connectivity index (χ3v) is 6.93. The molecule has 29 heavy (non-hydrogen) atoms. The van der Waals surface area contributed by atoms with Gasteiger partial charge in [0, 0.05) is 10.6 Å². The Balaban J connectivity index is 1.44. The van der Waals surface area contributed by atoms with Crippen LogP contribution in [-0.2, 0) is 6.61 Å². The fourth-order valence-electron chi connectivity index (χ4n) is 2.64. The van der Waals surface area contributed by atoms with Crippen LogP contribution in [-0.4, -0.2) is 11.2 Å². The predicted molar refractivity (Wildman–Crippen MR) is 138 cm³/mol. The molecule has 0 amide bonds. The third kappa shape index (κ3) is 5.19. The molecule has 0 bridgehead atoms. The van der Waals surface area contributed by atoms with Gasteiger partial charge in [-0.05, 0) is 81.1 Å². The van der Waals surface area contributed by atoms with Gasteiger partial charge >= 0.3 is 0 Å². The first-order valence-electron chi connectivity index (χ1n) is 8.60. The van der Waals surface area contributed by atoms with Crippen LogP contribution >= 0.6 is 68.1 Å². The van der Waals surface area contributed by atoms with Crippen LogP contribution in [0.2, 0.25) is 5.02 Å². The van der Waals surface area contributed by atoms with Crippen LogP contribution < -0.4 is 10.2 Å². The Morgan fingerprint density at radius 2 is 1.79 bits per heavy atom. The number of thiazole rings is 1. The van der Waals surface area contributed by atoms with Gasteiger partial charge in [-0.2, -0.15) is 5.10 Å². The quantitative estimate of drug-likeness (QED) is 0.137. The van der Waals surface area contributed by atoms with Crippen LogP contribution in [0, 0.1) is 7.14 Å². The number of benzene rings is 3. The molecule has 4 nitrogen and oxygen atoms in total. The first-order valence-corrected chi connectivity index (χ1v) is 12.0. The van der Waals surface area contributed by atoms with Crippen molar-refractivity contribution in [1.29, 1.82) is 0 Å². The largest absolute Gasteiger partial charge is 0.487 e. The topological polar surface area (TPSA) is 46.5 Å². The molecule has 4 aromatic rings. The third-order valence-electron chi connectivity index (χ3n) is 4.02. The van der Waals surface area contributed by atoms with Crippen molar-refractivity contribution in [2.45, 2.75) is 6.61 Å². The lowest BCUT2D eigenvalue weighted by molar-refractivity contribution is 0.302. The van der Waals surface area contributed by atoms with E-state index in [4.69, 9.17) is 16.3 Å². The maximum absolute atomic E-state index is 6.22. The van der Waals surface area contributed by atoms with Crippen LogP contribution in [0.3, 0.4) is 0 Å². The number of ether oxygens (including phenoxy) is 1. The van der Waals surface area contributed by atoms with Gasteiger partial charge in [0.25, 0.3) is 0 Å². The molecule has 0 aliphatic carbocycles. The van der Waals surface area contributed by atoms with Crippen molar-refractivity contribution in [3.8, 4) is 5.75 Å². The fraction of sp³-hybridized carbons (Fsp3) is 0.0476. The Morgan fingerprint density at radius 3 is 2.55 bits per heavy atom. The van der Waals surface area contributed by atoms with Gasteiger partial charge in [-0.15, -0.1) is 0 Å². The zero-order valence-corrected chi connectivity index (χ0v) is 20.8. The van der Waals surface area contributed by atoms with E-state index in [1.807, 2.05) is 60.7 Å². The van der Waals surface area contributed by atoms with Gasteiger partial charge < -0.3 is 4.74 Å². The molecule has 1 aromatic heterocycles. The molecule has 146 valence electrons. The van der Waals surface area contributed by atoms with Crippen molar-refractivity contribution in [3.05, 3.63) is 84.0 Å². The number of nitrogens with one attached hydrogen (secondary N) is 1. The molecule has 0 aliphatic rings. The van der Waals surface area contributed by atoms with E-state index in [0.717, 1.165) is 39.4 Å². The Labute approximate surface area is 204 Å². The van der Waals surface area contributed by atoms with Gasteiger partial charge in [0.05, 0.1) is 23.6 Å². The van der Waals surface area contributed by atoms with Crippen molar-refractivity contribution in [3.63, 3.8) is 0 Å². The molecule has 8 heteroatoms. The Bertz CT molecular complexity index is 1140. The number of hydrogen-bond donors (Lipinski definition) is 1. The Kier molecular flexibility index (Phi) is 6.88. The summed E-state index contributed by atoms with van der Waals surface area (Å²) in [7, 11) is 0. The molecule has 0 saturated carbocycles. The lowest BCUT2D eigenvalue weighted by Crippen LogP contribution is -2.01. The van der Waals surface area contributed by atoms with Crippen LogP contribution in [0.4, 0.5) is 5.13 Å². The average Bonchev–Trinajstić information content (AvgIpc) is 3.11. The highest BCUT2D eigenvalue weighted by Gasteiger charge is 2.10. The summed E-state index contributed by atoms with van der Waals surface area (Å²) in [5.41, 5.74) is 5.93. The summed E-state index contributed by atoms with van der Waals surface area (Å²) in [6.45, 7) is 0.429. The molecule has 4 rings (SSSR count). The van der Waals surface area contributed by atoms with Crippen LogP contribution in [0.1, 0.15) is 11.1 Å². The second-order valence-electron chi connectivity index (χ2n) is 6.05.